The summed E-state index contributed by atoms with van der Waals surface area (Å²) < 4.78 is 0. The van der Waals surface area contributed by atoms with E-state index in [-0.39, 0.29) is 11.6 Å². The smallest absolute Gasteiger partial charge is 0.269 e. The van der Waals surface area contributed by atoms with Crippen LogP contribution in [0.2, 0.25) is 5.02 Å². The number of amides is 1. The molecule has 0 radical (unpaired) electrons. The number of anilines is 1. The highest BCUT2D eigenvalue weighted by molar-refractivity contribution is 7.99. The van der Waals surface area contributed by atoms with Gasteiger partial charge < -0.3 is 9.80 Å². The molecule has 6 nitrogen and oxygen atoms in total. The van der Waals surface area contributed by atoms with E-state index in [9.17, 15) is 14.9 Å². The Balaban J connectivity index is 1.45. The first-order chi connectivity index (χ1) is 13.0. The topological polar surface area (TPSA) is 66.7 Å². The molecule has 1 fully saturated rings. The predicted octanol–water partition coefficient (Wildman–Crippen LogP) is 4.08. The van der Waals surface area contributed by atoms with E-state index in [2.05, 4.69) is 4.90 Å². The quantitative estimate of drug-likeness (QED) is 0.411. The van der Waals surface area contributed by atoms with Gasteiger partial charge in [0, 0.05) is 61.1 Å². The summed E-state index contributed by atoms with van der Waals surface area (Å²) in [6, 6.07) is 14.2. The van der Waals surface area contributed by atoms with Crippen LogP contribution in [0.5, 0.6) is 0 Å². The average molecular weight is 406 g/mol. The number of carbonyl (C=O) groups is 1. The van der Waals surface area contributed by atoms with Crippen LogP contribution in [0.25, 0.3) is 0 Å². The molecule has 27 heavy (non-hydrogen) atoms. The van der Waals surface area contributed by atoms with Crippen molar-refractivity contribution in [2.75, 3.05) is 36.8 Å². The third-order valence-corrected chi connectivity index (χ3v) is 5.99. The number of thioether (sulfide) groups is 1. The Morgan fingerprint density at radius 3 is 2.37 bits per heavy atom. The van der Waals surface area contributed by atoms with Crippen LogP contribution in [0.3, 0.4) is 0 Å². The van der Waals surface area contributed by atoms with Gasteiger partial charge in [0.1, 0.15) is 0 Å². The van der Waals surface area contributed by atoms with Gasteiger partial charge in [-0.25, -0.2) is 0 Å². The summed E-state index contributed by atoms with van der Waals surface area (Å²) in [4.78, 5) is 27.8. The molecular weight excluding hydrogens is 386 g/mol. The molecule has 0 atom stereocenters. The lowest BCUT2D eigenvalue weighted by atomic mass is 10.2. The lowest BCUT2D eigenvalue weighted by molar-refractivity contribution is -0.384. The van der Waals surface area contributed by atoms with Crippen LogP contribution in [0.15, 0.2) is 53.4 Å². The summed E-state index contributed by atoms with van der Waals surface area (Å²) in [5, 5.41) is 11.5. The number of rotatable bonds is 6. The molecule has 0 aromatic heterocycles. The Morgan fingerprint density at radius 1 is 1.07 bits per heavy atom. The minimum absolute atomic E-state index is 0.0867. The molecule has 1 aliphatic rings. The molecule has 0 aliphatic carbocycles. The van der Waals surface area contributed by atoms with Gasteiger partial charge in [0.15, 0.2) is 0 Å². The molecule has 2 aromatic carbocycles. The molecule has 0 spiro atoms. The molecule has 1 aliphatic heterocycles. The Bertz CT molecular complexity index is 808. The molecule has 1 heterocycles. The van der Waals surface area contributed by atoms with Crippen molar-refractivity contribution in [2.45, 2.75) is 11.3 Å². The zero-order valence-corrected chi connectivity index (χ0v) is 16.3. The molecule has 0 saturated carbocycles. The highest BCUT2D eigenvalue weighted by Crippen LogP contribution is 2.27. The average Bonchev–Trinajstić information content (AvgIpc) is 2.69. The first kappa shape index (κ1) is 19.5. The highest BCUT2D eigenvalue weighted by atomic mass is 35.5. The highest BCUT2D eigenvalue weighted by Gasteiger charge is 2.21. The standard InChI is InChI=1S/C19H20ClN3O3S/c20-17-3-1-2-4-18(17)27-14-9-19(24)22-12-10-21(11-13-22)15-5-7-16(8-6-15)23(25)26/h1-8H,9-14H2. The van der Waals surface area contributed by atoms with Gasteiger partial charge in [0.25, 0.3) is 5.69 Å². The summed E-state index contributed by atoms with van der Waals surface area (Å²) in [5.74, 6) is 0.850. The molecule has 1 amide bonds. The van der Waals surface area contributed by atoms with Crippen molar-refractivity contribution in [1.82, 2.24) is 4.90 Å². The molecule has 0 unspecified atom stereocenters. The van der Waals surface area contributed by atoms with Crippen LogP contribution in [0.4, 0.5) is 11.4 Å². The number of piperazine rings is 1. The number of nitro groups is 1. The van der Waals surface area contributed by atoms with E-state index in [1.54, 1.807) is 23.9 Å². The van der Waals surface area contributed by atoms with Crippen LogP contribution in [-0.4, -0.2) is 47.7 Å². The van der Waals surface area contributed by atoms with Crippen LogP contribution in [0, 0.1) is 10.1 Å². The number of non-ortho nitro benzene ring substituents is 1. The first-order valence-electron chi connectivity index (χ1n) is 8.69. The third-order valence-electron chi connectivity index (χ3n) is 4.47. The number of hydrogen-bond donors (Lipinski definition) is 0. The Labute approximate surface area is 167 Å². The zero-order chi connectivity index (χ0) is 19.2. The van der Waals surface area contributed by atoms with Gasteiger partial charge in [0.05, 0.1) is 9.95 Å². The maximum Gasteiger partial charge on any atom is 0.269 e. The molecule has 1 saturated heterocycles. The molecule has 3 rings (SSSR count). The minimum Gasteiger partial charge on any atom is -0.368 e. The normalized spacial score (nSPS) is 14.3. The van der Waals surface area contributed by atoms with E-state index in [1.807, 2.05) is 29.2 Å². The molecule has 0 bridgehead atoms. The Hall–Kier alpha value is -2.25. The van der Waals surface area contributed by atoms with Gasteiger partial charge in [-0.2, -0.15) is 0 Å². The Kier molecular flexibility index (Phi) is 6.58. The largest absolute Gasteiger partial charge is 0.368 e. The van der Waals surface area contributed by atoms with Crippen LogP contribution in [0.1, 0.15) is 6.42 Å². The number of nitrogens with zero attached hydrogens (tertiary/aromatic N) is 3. The number of carbonyl (C=O) groups excluding carboxylic acids is 1. The van der Waals surface area contributed by atoms with Gasteiger partial charge in [-0.3, -0.25) is 14.9 Å². The maximum atomic E-state index is 12.4. The minimum atomic E-state index is -0.402. The third kappa shape index (κ3) is 5.14. The van der Waals surface area contributed by atoms with E-state index in [4.69, 9.17) is 11.6 Å². The van der Waals surface area contributed by atoms with Gasteiger partial charge in [-0.15, -0.1) is 11.8 Å². The van der Waals surface area contributed by atoms with Crippen molar-refractivity contribution in [3.63, 3.8) is 0 Å². The van der Waals surface area contributed by atoms with Gasteiger partial charge in [-0.05, 0) is 24.3 Å². The fourth-order valence-corrected chi connectivity index (χ4v) is 4.14. The molecular formula is C19H20ClN3O3S. The van der Waals surface area contributed by atoms with Crippen LogP contribution in [-0.2, 0) is 4.79 Å². The first-order valence-corrected chi connectivity index (χ1v) is 10.1. The van der Waals surface area contributed by atoms with Gasteiger partial charge in [0.2, 0.25) is 5.91 Å². The van der Waals surface area contributed by atoms with Crippen LogP contribution < -0.4 is 4.90 Å². The summed E-state index contributed by atoms with van der Waals surface area (Å²) in [6.07, 6.45) is 0.480. The second-order valence-electron chi connectivity index (χ2n) is 6.17. The van der Waals surface area contributed by atoms with Crippen LogP contribution >= 0.6 is 23.4 Å². The van der Waals surface area contributed by atoms with E-state index >= 15 is 0 Å². The molecule has 0 N–H and O–H groups in total. The zero-order valence-electron chi connectivity index (χ0n) is 14.7. The van der Waals surface area contributed by atoms with Gasteiger partial charge >= 0.3 is 0 Å². The van der Waals surface area contributed by atoms with Crippen molar-refractivity contribution in [3.8, 4) is 0 Å². The van der Waals surface area contributed by atoms with Crippen molar-refractivity contribution < 1.29 is 9.72 Å². The summed E-state index contributed by atoms with van der Waals surface area (Å²) in [7, 11) is 0. The summed E-state index contributed by atoms with van der Waals surface area (Å²) >= 11 is 7.73. The number of halogens is 1. The number of hydrogen-bond acceptors (Lipinski definition) is 5. The molecule has 142 valence electrons. The monoisotopic (exact) mass is 405 g/mol. The van der Waals surface area contributed by atoms with E-state index < -0.39 is 4.92 Å². The van der Waals surface area contributed by atoms with Crippen molar-refractivity contribution >= 4 is 40.6 Å². The van der Waals surface area contributed by atoms with E-state index in [0.717, 1.165) is 23.7 Å². The van der Waals surface area contributed by atoms with Crippen molar-refractivity contribution in [3.05, 3.63) is 63.7 Å². The lowest BCUT2D eigenvalue weighted by Gasteiger charge is -2.36. The molecule has 2 aromatic rings. The second-order valence-corrected chi connectivity index (χ2v) is 7.71. The van der Waals surface area contributed by atoms with Crippen molar-refractivity contribution in [1.29, 1.82) is 0 Å². The number of nitro benzene ring substituents is 1. The van der Waals surface area contributed by atoms with E-state index in [1.165, 1.54) is 12.1 Å². The summed E-state index contributed by atoms with van der Waals surface area (Å²) in [6.45, 7) is 2.77. The SMILES string of the molecule is O=C(CCSc1ccccc1Cl)N1CCN(c2ccc([N+](=O)[O-])cc2)CC1. The predicted molar refractivity (Wildman–Crippen MR) is 109 cm³/mol. The summed E-state index contributed by atoms with van der Waals surface area (Å²) in [5.41, 5.74) is 1.03. The fourth-order valence-electron chi connectivity index (χ4n) is 2.97. The maximum absolute atomic E-state index is 12.4. The van der Waals surface area contributed by atoms with E-state index in [0.29, 0.717) is 30.3 Å². The lowest BCUT2D eigenvalue weighted by Crippen LogP contribution is -2.48. The van der Waals surface area contributed by atoms with Crippen molar-refractivity contribution in [2.24, 2.45) is 0 Å². The Morgan fingerprint density at radius 2 is 1.74 bits per heavy atom. The number of benzene rings is 2. The fraction of sp³-hybridized carbons (Fsp3) is 0.316. The van der Waals surface area contributed by atoms with Gasteiger partial charge in [-0.1, -0.05) is 23.7 Å². The second kappa shape index (κ2) is 9.10. The molecule has 8 heteroatoms.